The number of rotatable bonds is 2. The number of anilines is 2. The first kappa shape index (κ1) is 12.7. The second kappa shape index (κ2) is 5.29. The molecule has 1 saturated heterocycles. The smallest absolute Gasteiger partial charge is 0.217 e. The summed E-state index contributed by atoms with van der Waals surface area (Å²) in [7, 11) is 0. The quantitative estimate of drug-likeness (QED) is 0.782. The Kier molecular flexibility index (Phi) is 3.75. The van der Waals surface area contributed by atoms with Crippen LogP contribution in [-0.4, -0.2) is 25.0 Å². The summed E-state index contributed by atoms with van der Waals surface area (Å²) in [6, 6.07) is 6.48. The van der Waals surface area contributed by atoms with Crippen LogP contribution < -0.4 is 16.0 Å². The lowest BCUT2D eigenvalue weighted by atomic mass is 10.0. The fourth-order valence-electron chi connectivity index (χ4n) is 2.54. The van der Waals surface area contributed by atoms with Crippen molar-refractivity contribution in [1.82, 2.24) is 5.32 Å². The third-order valence-corrected chi connectivity index (χ3v) is 3.35. The lowest BCUT2D eigenvalue weighted by molar-refractivity contribution is -0.119. The van der Waals surface area contributed by atoms with Gasteiger partial charge in [-0.05, 0) is 43.5 Å². The molecule has 0 bridgehead atoms. The van der Waals surface area contributed by atoms with E-state index in [1.807, 2.05) is 12.1 Å². The number of carbonyl (C=O) groups is 1. The number of carbonyl (C=O) groups excluding carboxylic acids is 1. The van der Waals surface area contributed by atoms with Gasteiger partial charge in [-0.25, -0.2) is 0 Å². The van der Waals surface area contributed by atoms with Crippen molar-refractivity contribution in [2.75, 3.05) is 23.7 Å². The molecule has 1 aromatic carbocycles. The molecule has 3 N–H and O–H groups in total. The summed E-state index contributed by atoms with van der Waals surface area (Å²) in [5.41, 5.74) is 9.07. The van der Waals surface area contributed by atoms with Gasteiger partial charge in [-0.15, -0.1) is 0 Å². The molecule has 4 nitrogen and oxygen atoms in total. The normalized spacial score (nSPS) is 16.7. The Morgan fingerprint density at radius 1 is 1.33 bits per heavy atom. The van der Waals surface area contributed by atoms with E-state index in [9.17, 15) is 4.79 Å². The lowest BCUT2D eigenvalue weighted by Gasteiger charge is -2.34. The van der Waals surface area contributed by atoms with Gasteiger partial charge in [0.2, 0.25) is 5.91 Å². The van der Waals surface area contributed by atoms with E-state index in [0.29, 0.717) is 6.04 Å². The molecule has 0 spiro atoms. The van der Waals surface area contributed by atoms with Gasteiger partial charge < -0.3 is 16.0 Å². The zero-order valence-corrected chi connectivity index (χ0v) is 11.1. The highest BCUT2D eigenvalue weighted by molar-refractivity contribution is 5.73. The van der Waals surface area contributed by atoms with Gasteiger partial charge in [0.25, 0.3) is 0 Å². The first-order chi connectivity index (χ1) is 8.54. The van der Waals surface area contributed by atoms with Gasteiger partial charge >= 0.3 is 0 Å². The zero-order chi connectivity index (χ0) is 13.1. The van der Waals surface area contributed by atoms with Crippen LogP contribution in [0.15, 0.2) is 18.2 Å². The molecule has 1 amide bonds. The van der Waals surface area contributed by atoms with Gasteiger partial charge in [-0.2, -0.15) is 0 Å². The fraction of sp³-hybridized carbons (Fsp3) is 0.500. The van der Waals surface area contributed by atoms with Crippen molar-refractivity contribution in [1.29, 1.82) is 0 Å². The molecule has 1 aliphatic rings. The van der Waals surface area contributed by atoms with Crippen LogP contribution in [0.4, 0.5) is 11.4 Å². The average molecular weight is 247 g/mol. The average Bonchev–Trinajstić information content (AvgIpc) is 2.27. The van der Waals surface area contributed by atoms with E-state index in [4.69, 9.17) is 5.73 Å². The van der Waals surface area contributed by atoms with Crippen LogP contribution in [-0.2, 0) is 4.79 Å². The predicted molar refractivity (Wildman–Crippen MR) is 74.6 cm³/mol. The molecule has 1 heterocycles. The summed E-state index contributed by atoms with van der Waals surface area (Å²) >= 11 is 0. The van der Waals surface area contributed by atoms with E-state index in [1.165, 1.54) is 11.3 Å². The fourth-order valence-corrected chi connectivity index (χ4v) is 2.54. The Hall–Kier alpha value is -1.71. The second-order valence-corrected chi connectivity index (χ2v) is 5.06. The molecular weight excluding hydrogens is 226 g/mol. The van der Waals surface area contributed by atoms with Gasteiger partial charge in [0.15, 0.2) is 0 Å². The van der Waals surface area contributed by atoms with Gasteiger partial charge in [-0.1, -0.05) is 0 Å². The van der Waals surface area contributed by atoms with Crippen LogP contribution >= 0.6 is 0 Å². The summed E-state index contributed by atoms with van der Waals surface area (Å²) < 4.78 is 0. The molecule has 0 atom stereocenters. The lowest BCUT2D eigenvalue weighted by Crippen LogP contribution is -2.44. The van der Waals surface area contributed by atoms with Crippen molar-refractivity contribution in [3.05, 3.63) is 23.8 Å². The molecule has 4 heteroatoms. The van der Waals surface area contributed by atoms with Crippen molar-refractivity contribution >= 4 is 17.3 Å². The molecule has 1 aliphatic heterocycles. The van der Waals surface area contributed by atoms with E-state index >= 15 is 0 Å². The highest BCUT2D eigenvalue weighted by Crippen LogP contribution is 2.23. The number of aryl methyl sites for hydroxylation is 1. The van der Waals surface area contributed by atoms with Crippen molar-refractivity contribution < 1.29 is 4.79 Å². The monoisotopic (exact) mass is 247 g/mol. The Bertz CT molecular complexity index is 416. The summed E-state index contributed by atoms with van der Waals surface area (Å²) in [5, 5.41) is 2.99. The molecule has 0 aromatic heterocycles. The molecule has 1 aromatic rings. The molecule has 1 fully saturated rings. The van der Waals surface area contributed by atoms with Crippen molar-refractivity contribution in [3.63, 3.8) is 0 Å². The SMILES string of the molecule is CC(=O)NC1CCN(c2cc(C)cc(N)c2)CC1. The van der Waals surface area contributed by atoms with Crippen molar-refractivity contribution in [3.8, 4) is 0 Å². The predicted octanol–water partition coefficient (Wildman–Crippen LogP) is 1.68. The van der Waals surface area contributed by atoms with Gasteiger partial charge in [0.1, 0.15) is 0 Å². The molecule has 0 unspecified atom stereocenters. The number of hydrogen-bond donors (Lipinski definition) is 2. The molecule has 0 aliphatic carbocycles. The Morgan fingerprint density at radius 3 is 2.56 bits per heavy atom. The Balaban J connectivity index is 1.98. The van der Waals surface area contributed by atoms with Crippen LogP contribution in [0.2, 0.25) is 0 Å². The van der Waals surface area contributed by atoms with Crippen LogP contribution in [0.1, 0.15) is 25.3 Å². The van der Waals surface area contributed by atoms with E-state index in [-0.39, 0.29) is 5.91 Å². The van der Waals surface area contributed by atoms with Gasteiger partial charge in [0.05, 0.1) is 0 Å². The maximum absolute atomic E-state index is 11.0. The molecule has 18 heavy (non-hydrogen) atoms. The summed E-state index contributed by atoms with van der Waals surface area (Å²) in [4.78, 5) is 13.3. The minimum atomic E-state index is 0.0632. The first-order valence-electron chi connectivity index (χ1n) is 6.44. The molecular formula is C14H21N3O. The number of nitrogens with one attached hydrogen (secondary N) is 1. The maximum atomic E-state index is 11.0. The van der Waals surface area contributed by atoms with Gasteiger partial charge in [-0.3, -0.25) is 4.79 Å². The van der Waals surface area contributed by atoms with E-state index in [1.54, 1.807) is 6.92 Å². The zero-order valence-electron chi connectivity index (χ0n) is 11.1. The van der Waals surface area contributed by atoms with E-state index in [0.717, 1.165) is 31.6 Å². The highest BCUT2D eigenvalue weighted by Gasteiger charge is 2.20. The number of nitrogen functional groups attached to an aromatic ring is 1. The largest absolute Gasteiger partial charge is 0.399 e. The minimum absolute atomic E-state index is 0.0632. The van der Waals surface area contributed by atoms with Crippen LogP contribution in [0.25, 0.3) is 0 Å². The number of piperidine rings is 1. The first-order valence-corrected chi connectivity index (χ1v) is 6.44. The number of benzene rings is 1. The van der Waals surface area contributed by atoms with E-state index in [2.05, 4.69) is 23.2 Å². The summed E-state index contributed by atoms with van der Waals surface area (Å²) in [6.07, 6.45) is 1.99. The minimum Gasteiger partial charge on any atom is -0.399 e. The maximum Gasteiger partial charge on any atom is 0.217 e. The standard InChI is InChI=1S/C14H21N3O/c1-10-7-12(15)9-14(8-10)17-5-3-13(4-6-17)16-11(2)18/h7-9,13H,3-6,15H2,1-2H3,(H,16,18). The molecule has 0 saturated carbocycles. The number of amides is 1. The summed E-state index contributed by atoms with van der Waals surface area (Å²) in [6.45, 7) is 5.57. The van der Waals surface area contributed by atoms with Crippen LogP contribution in [0.5, 0.6) is 0 Å². The Morgan fingerprint density at radius 2 is 2.00 bits per heavy atom. The van der Waals surface area contributed by atoms with Crippen LogP contribution in [0, 0.1) is 6.92 Å². The number of hydrogen-bond acceptors (Lipinski definition) is 3. The third-order valence-electron chi connectivity index (χ3n) is 3.35. The summed E-state index contributed by atoms with van der Waals surface area (Å²) in [5.74, 6) is 0.0632. The van der Waals surface area contributed by atoms with E-state index < -0.39 is 0 Å². The number of nitrogens with two attached hydrogens (primary N) is 1. The molecule has 98 valence electrons. The van der Waals surface area contributed by atoms with Crippen molar-refractivity contribution in [2.45, 2.75) is 32.7 Å². The number of nitrogens with zero attached hydrogens (tertiary/aromatic N) is 1. The van der Waals surface area contributed by atoms with Gasteiger partial charge in [0, 0.05) is 37.4 Å². The topological polar surface area (TPSA) is 58.4 Å². The van der Waals surface area contributed by atoms with Crippen LogP contribution in [0.3, 0.4) is 0 Å². The molecule has 0 radical (unpaired) electrons. The third kappa shape index (κ3) is 3.15. The highest BCUT2D eigenvalue weighted by atomic mass is 16.1. The molecule has 2 rings (SSSR count). The van der Waals surface area contributed by atoms with Crippen molar-refractivity contribution in [2.24, 2.45) is 0 Å². The Labute approximate surface area is 108 Å². The second-order valence-electron chi connectivity index (χ2n) is 5.06.